The second-order valence-corrected chi connectivity index (χ2v) is 5.83. The zero-order valence-electron chi connectivity index (χ0n) is 15.1. The smallest absolute Gasteiger partial charge is 0.191 e. The van der Waals surface area contributed by atoms with E-state index in [-0.39, 0.29) is 0 Å². The molecule has 0 fully saturated rings. The highest BCUT2D eigenvalue weighted by atomic mass is 16.5. The standard InChI is InChI=1S/C19H28N4O/c1-5-17-16(18(6-2)24-23-17)13-22-19(20-4)21-11-10-15-9-7-8-14(3)12-15/h7-9,12H,5-6,10-11,13H2,1-4H3,(H2,20,21,22). The molecule has 0 saturated carbocycles. The van der Waals surface area contributed by atoms with Gasteiger partial charge in [-0.1, -0.05) is 48.8 Å². The van der Waals surface area contributed by atoms with Crippen LogP contribution >= 0.6 is 0 Å². The van der Waals surface area contributed by atoms with Gasteiger partial charge >= 0.3 is 0 Å². The van der Waals surface area contributed by atoms with E-state index in [1.807, 2.05) is 0 Å². The summed E-state index contributed by atoms with van der Waals surface area (Å²) in [6.07, 6.45) is 2.69. The van der Waals surface area contributed by atoms with E-state index >= 15 is 0 Å². The molecule has 130 valence electrons. The molecule has 1 heterocycles. The highest BCUT2D eigenvalue weighted by Gasteiger charge is 2.13. The van der Waals surface area contributed by atoms with Gasteiger partial charge in [-0.05, 0) is 25.3 Å². The van der Waals surface area contributed by atoms with Crippen LogP contribution in [0.2, 0.25) is 0 Å². The summed E-state index contributed by atoms with van der Waals surface area (Å²) in [6, 6.07) is 8.59. The first-order valence-electron chi connectivity index (χ1n) is 8.64. The van der Waals surface area contributed by atoms with Gasteiger partial charge in [0.1, 0.15) is 5.76 Å². The number of aliphatic imine (C=N–C) groups is 1. The van der Waals surface area contributed by atoms with Crippen LogP contribution < -0.4 is 10.6 Å². The number of rotatable bonds is 7. The van der Waals surface area contributed by atoms with Crippen molar-refractivity contribution in [3.05, 3.63) is 52.4 Å². The molecule has 5 nitrogen and oxygen atoms in total. The molecule has 0 bridgehead atoms. The molecule has 0 unspecified atom stereocenters. The maximum absolute atomic E-state index is 5.40. The number of guanidine groups is 1. The average Bonchev–Trinajstić information content (AvgIpc) is 3.00. The van der Waals surface area contributed by atoms with Gasteiger partial charge in [0, 0.05) is 32.1 Å². The fourth-order valence-electron chi connectivity index (χ4n) is 2.72. The lowest BCUT2D eigenvalue weighted by Gasteiger charge is -2.12. The zero-order chi connectivity index (χ0) is 17.4. The maximum atomic E-state index is 5.40. The average molecular weight is 328 g/mol. The van der Waals surface area contributed by atoms with E-state index in [2.05, 4.69) is 65.8 Å². The topological polar surface area (TPSA) is 62.5 Å². The lowest BCUT2D eigenvalue weighted by molar-refractivity contribution is 0.380. The minimum atomic E-state index is 0.681. The van der Waals surface area contributed by atoms with Gasteiger partial charge < -0.3 is 15.2 Å². The van der Waals surface area contributed by atoms with E-state index in [4.69, 9.17) is 4.52 Å². The molecule has 0 aliphatic rings. The third-order valence-electron chi connectivity index (χ3n) is 4.05. The lowest BCUT2D eigenvalue weighted by atomic mass is 10.1. The highest BCUT2D eigenvalue weighted by molar-refractivity contribution is 5.79. The third kappa shape index (κ3) is 4.85. The van der Waals surface area contributed by atoms with Crippen LogP contribution in [-0.4, -0.2) is 24.7 Å². The van der Waals surface area contributed by atoms with E-state index in [1.165, 1.54) is 11.1 Å². The van der Waals surface area contributed by atoms with Gasteiger partial charge in [-0.3, -0.25) is 4.99 Å². The van der Waals surface area contributed by atoms with Crippen molar-refractivity contribution in [3.8, 4) is 0 Å². The third-order valence-corrected chi connectivity index (χ3v) is 4.05. The molecule has 24 heavy (non-hydrogen) atoms. The van der Waals surface area contributed by atoms with Gasteiger partial charge in [0.15, 0.2) is 5.96 Å². The van der Waals surface area contributed by atoms with Crippen LogP contribution in [0.4, 0.5) is 0 Å². The number of nitrogens with zero attached hydrogens (tertiary/aromatic N) is 2. The normalized spacial score (nSPS) is 11.6. The van der Waals surface area contributed by atoms with Crippen molar-refractivity contribution >= 4 is 5.96 Å². The number of hydrogen-bond acceptors (Lipinski definition) is 3. The molecule has 2 aromatic rings. The predicted octanol–water partition coefficient (Wildman–Crippen LogP) is 3.02. The van der Waals surface area contributed by atoms with Crippen molar-refractivity contribution in [2.24, 2.45) is 4.99 Å². The second-order valence-electron chi connectivity index (χ2n) is 5.83. The van der Waals surface area contributed by atoms with Crippen molar-refractivity contribution < 1.29 is 4.52 Å². The van der Waals surface area contributed by atoms with Gasteiger partial charge in [-0.25, -0.2) is 0 Å². The Kier molecular flexibility index (Phi) is 6.85. The fraction of sp³-hybridized carbons (Fsp3) is 0.474. The van der Waals surface area contributed by atoms with Gasteiger partial charge in [-0.15, -0.1) is 0 Å². The summed E-state index contributed by atoms with van der Waals surface area (Å²) in [4.78, 5) is 4.29. The van der Waals surface area contributed by atoms with Crippen molar-refractivity contribution in [3.63, 3.8) is 0 Å². The van der Waals surface area contributed by atoms with Gasteiger partial charge in [0.2, 0.25) is 0 Å². The Hall–Kier alpha value is -2.30. The van der Waals surface area contributed by atoms with Crippen LogP contribution in [-0.2, 0) is 25.8 Å². The molecule has 0 aliphatic heterocycles. The molecule has 0 atom stereocenters. The van der Waals surface area contributed by atoms with E-state index in [1.54, 1.807) is 7.05 Å². The van der Waals surface area contributed by atoms with Crippen LogP contribution in [0.25, 0.3) is 0 Å². The summed E-state index contributed by atoms with van der Waals surface area (Å²) in [5, 5.41) is 10.9. The quantitative estimate of drug-likeness (QED) is 0.606. The molecule has 0 saturated heterocycles. The van der Waals surface area contributed by atoms with Crippen molar-refractivity contribution in [2.75, 3.05) is 13.6 Å². The Morgan fingerprint density at radius 1 is 1.21 bits per heavy atom. The summed E-state index contributed by atoms with van der Waals surface area (Å²) in [7, 11) is 1.79. The predicted molar refractivity (Wildman–Crippen MR) is 98.3 cm³/mol. The first kappa shape index (κ1) is 18.0. The van der Waals surface area contributed by atoms with Crippen molar-refractivity contribution in [1.29, 1.82) is 0 Å². The highest BCUT2D eigenvalue weighted by Crippen LogP contribution is 2.15. The minimum Gasteiger partial charge on any atom is -0.361 e. The molecule has 1 aromatic carbocycles. The maximum Gasteiger partial charge on any atom is 0.191 e. The molecule has 5 heteroatoms. The number of nitrogens with one attached hydrogen (secondary N) is 2. The van der Waals surface area contributed by atoms with Crippen LogP contribution in [0.15, 0.2) is 33.8 Å². The number of aromatic nitrogens is 1. The van der Waals surface area contributed by atoms with Crippen LogP contribution in [0, 0.1) is 6.92 Å². The molecule has 1 aromatic heterocycles. The summed E-state index contributed by atoms with van der Waals surface area (Å²) in [6.45, 7) is 7.81. The van der Waals surface area contributed by atoms with Crippen LogP contribution in [0.3, 0.4) is 0 Å². The number of aryl methyl sites for hydroxylation is 3. The lowest BCUT2D eigenvalue weighted by Crippen LogP contribution is -2.38. The van der Waals surface area contributed by atoms with E-state index < -0.39 is 0 Å². The summed E-state index contributed by atoms with van der Waals surface area (Å²) >= 11 is 0. The Labute approximate surface area is 144 Å². The first-order chi connectivity index (χ1) is 11.7. The Bertz CT molecular complexity index is 654. The molecular weight excluding hydrogens is 300 g/mol. The van der Waals surface area contributed by atoms with Gasteiger partial charge in [0.05, 0.1) is 5.69 Å². The van der Waals surface area contributed by atoms with E-state index in [9.17, 15) is 0 Å². The first-order valence-corrected chi connectivity index (χ1v) is 8.64. The number of hydrogen-bond donors (Lipinski definition) is 2. The largest absolute Gasteiger partial charge is 0.361 e. The van der Waals surface area contributed by atoms with E-state index in [0.717, 1.165) is 48.8 Å². The van der Waals surface area contributed by atoms with Gasteiger partial charge in [-0.2, -0.15) is 0 Å². The summed E-state index contributed by atoms with van der Waals surface area (Å²) in [5.74, 6) is 1.75. The molecule has 0 aliphatic carbocycles. The van der Waals surface area contributed by atoms with E-state index in [0.29, 0.717) is 6.54 Å². The molecule has 2 rings (SSSR count). The zero-order valence-corrected chi connectivity index (χ0v) is 15.1. The molecular formula is C19H28N4O. The van der Waals surface area contributed by atoms with Gasteiger partial charge in [0.25, 0.3) is 0 Å². The van der Waals surface area contributed by atoms with Crippen molar-refractivity contribution in [1.82, 2.24) is 15.8 Å². The summed E-state index contributed by atoms with van der Waals surface area (Å²) in [5.41, 5.74) is 4.80. The Balaban J connectivity index is 1.86. The molecule has 0 amide bonds. The second kappa shape index (κ2) is 9.11. The number of benzene rings is 1. The Morgan fingerprint density at radius 2 is 2.04 bits per heavy atom. The molecule has 0 spiro atoms. The van der Waals surface area contributed by atoms with Crippen LogP contribution in [0.5, 0.6) is 0 Å². The SMILES string of the molecule is CCc1noc(CC)c1CNC(=NC)NCCc1cccc(C)c1. The fourth-order valence-corrected chi connectivity index (χ4v) is 2.72. The molecule has 2 N–H and O–H groups in total. The van der Waals surface area contributed by atoms with Crippen LogP contribution in [0.1, 0.15) is 42.0 Å². The summed E-state index contributed by atoms with van der Waals surface area (Å²) < 4.78 is 5.40. The van der Waals surface area contributed by atoms with Crippen molar-refractivity contribution in [2.45, 2.75) is 46.6 Å². The monoisotopic (exact) mass is 328 g/mol. The minimum absolute atomic E-state index is 0.681. The Morgan fingerprint density at radius 3 is 2.71 bits per heavy atom. The molecule has 0 radical (unpaired) electrons.